The average Bonchev–Trinajstić information content (AvgIpc) is 2.98. The SMILES string of the molecule is Cc1cc(C=C2SC(=N)NC2=O)c(C)n1-c1ccc([N+](=O)[O-])cc1. The van der Waals surface area contributed by atoms with Gasteiger partial charge in [-0.1, -0.05) is 0 Å². The highest BCUT2D eigenvalue weighted by Crippen LogP contribution is 2.29. The molecule has 0 aliphatic carbocycles. The van der Waals surface area contributed by atoms with Crippen LogP contribution < -0.4 is 5.32 Å². The molecule has 0 unspecified atom stereocenters. The molecule has 8 heteroatoms. The molecule has 2 heterocycles. The maximum Gasteiger partial charge on any atom is 0.269 e. The Morgan fingerprint density at radius 2 is 1.96 bits per heavy atom. The van der Waals surface area contributed by atoms with Gasteiger partial charge in [-0.25, -0.2) is 0 Å². The molecule has 0 radical (unpaired) electrons. The van der Waals surface area contributed by atoms with E-state index in [2.05, 4.69) is 5.32 Å². The Hall–Kier alpha value is -2.87. The maximum atomic E-state index is 11.8. The molecule has 2 aromatic rings. The molecule has 0 bridgehead atoms. The third kappa shape index (κ3) is 2.83. The Balaban J connectivity index is 2.01. The molecule has 1 aliphatic heterocycles. The number of carbonyl (C=O) groups excluding carboxylic acids is 1. The number of nitro benzene ring substituents is 1. The molecule has 1 saturated heterocycles. The summed E-state index contributed by atoms with van der Waals surface area (Å²) < 4.78 is 1.97. The van der Waals surface area contributed by atoms with E-state index in [1.807, 2.05) is 24.5 Å². The van der Waals surface area contributed by atoms with Crippen LogP contribution in [0.3, 0.4) is 0 Å². The zero-order valence-corrected chi connectivity index (χ0v) is 13.8. The van der Waals surface area contributed by atoms with Crippen LogP contribution in [0.5, 0.6) is 0 Å². The van der Waals surface area contributed by atoms with E-state index in [1.165, 1.54) is 12.1 Å². The number of rotatable bonds is 3. The number of carbonyl (C=O) groups is 1. The molecule has 7 nitrogen and oxygen atoms in total. The van der Waals surface area contributed by atoms with Crippen LogP contribution >= 0.6 is 11.8 Å². The smallest absolute Gasteiger partial charge is 0.269 e. The third-order valence-electron chi connectivity index (χ3n) is 3.74. The second-order valence-corrected chi connectivity index (χ2v) is 6.38. The fourth-order valence-corrected chi connectivity index (χ4v) is 3.33. The number of hydrogen-bond acceptors (Lipinski definition) is 5. The molecular weight excluding hydrogens is 328 g/mol. The zero-order valence-electron chi connectivity index (χ0n) is 13.0. The summed E-state index contributed by atoms with van der Waals surface area (Å²) >= 11 is 1.09. The van der Waals surface area contributed by atoms with Gasteiger partial charge >= 0.3 is 0 Å². The van der Waals surface area contributed by atoms with Crippen molar-refractivity contribution in [3.8, 4) is 5.69 Å². The standard InChI is InChI=1S/C16H14N4O3S/c1-9-7-11(8-14-15(21)18-16(17)24-14)10(2)19(9)12-3-5-13(6-4-12)20(22)23/h3-8H,1-2H3,(H2,17,18,21). The predicted molar refractivity (Wildman–Crippen MR) is 93.3 cm³/mol. The quantitative estimate of drug-likeness (QED) is 0.508. The molecular formula is C16H14N4O3S. The Kier molecular flexibility index (Phi) is 3.98. The number of thioether (sulfide) groups is 1. The van der Waals surface area contributed by atoms with Gasteiger partial charge in [0.1, 0.15) is 0 Å². The maximum absolute atomic E-state index is 11.8. The van der Waals surface area contributed by atoms with Crippen LogP contribution in [-0.2, 0) is 4.79 Å². The first kappa shape index (κ1) is 16.0. The molecule has 24 heavy (non-hydrogen) atoms. The lowest BCUT2D eigenvalue weighted by Crippen LogP contribution is -2.18. The van der Waals surface area contributed by atoms with Crippen molar-refractivity contribution in [2.75, 3.05) is 0 Å². The number of amidine groups is 1. The highest BCUT2D eigenvalue weighted by Gasteiger charge is 2.23. The van der Waals surface area contributed by atoms with Gasteiger partial charge in [-0.3, -0.25) is 20.3 Å². The number of nitrogens with zero attached hydrogens (tertiary/aromatic N) is 2. The van der Waals surface area contributed by atoms with E-state index >= 15 is 0 Å². The molecule has 2 N–H and O–H groups in total. The van der Waals surface area contributed by atoms with Crippen molar-refractivity contribution in [2.24, 2.45) is 0 Å². The molecule has 1 amide bonds. The molecule has 122 valence electrons. The van der Waals surface area contributed by atoms with Gasteiger partial charge in [-0.15, -0.1) is 0 Å². The van der Waals surface area contributed by atoms with Crippen LogP contribution in [0.1, 0.15) is 17.0 Å². The molecule has 1 aromatic heterocycles. The first-order chi connectivity index (χ1) is 11.4. The summed E-state index contributed by atoms with van der Waals surface area (Å²) in [5.74, 6) is -0.273. The van der Waals surface area contributed by atoms with Crippen LogP contribution in [0.15, 0.2) is 35.2 Å². The molecule has 0 saturated carbocycles. The van der Waals surface area contributed by atoms with Crippen LogP contribution in [0.4, 0.5) is 5.69 Å². The summed E-state index contributed by atoms with van der Waals surface area (Å²) in [7, 11) is 0. The van der Waals surface area contributed by atoms with E-state index in [4.69, 9.17) is 5.41 Å². The van der Waals surface area contributed by atoms with E-state index in [0.29, 0.717) is 4.91 Å². The van der Waals surface area contributed by atoms with Crippen molar-refractivity contribution in [3.63, 3.8) is 0 Å². The fourth-order valence-electron chi connectivity index (χ4n) is 2.64. The number of nitrogens with one attached hydrogen (secondary N) is 2. The normalized spacial score (nSPS) is 15.8. The summed E-state index contributed by atoms with van der Waals surface area (Å²) in [6, 6.07) is 8.27. The summed E-state index contributed by atoms with van der Waals surface area (Å²) in [5, 5.41) is 20.8. The van der Waals surface area contributed by atoms with Gasteiger partial charge in [-0.2, -0.15) is 0 Å². The monoisotopic (exact) mass is 342 g/mol. The van der Waals surface area contributed by atoms with Crippen molar-refractivity contribution >= 4 is 34.6 Å². The number of hydrogen-bond donors (Lipinski definition) is 2. The largest absolute Gasteiger partial charge is 0.318 e. The van der Waals surface area contributed by atoms with Gasteiger partial charge in [0.2, 0.25) is 0 Å². The molecule has 1 aromatic carbocycles. The number of nitro groups is 1. The molecule has 1 fully saturated rings. The summed E-state index contributed by atoms with van der Waals surface area (Å²) in [4.78, 5) is 22.6. The van der Waals surface area contributed by atoms with E-state index in [9.17, 15) is 14.9 Å². The Labute approximate surface area is 142 Å². The van der Waals surface area contributed by atoms with E-state index < -0.39 is 4.92 Å². The predicted octanol–water partition coefficient (Wildman–Crippen LogP) is 3.14. The minimum absolute atomic E-state index is 0.0427. The van der Waals surface area contributed by atoms with Gasteiger partial charge in [0.05, 0.1) is 9.83 Å². The summed E-state index contributed by atoms with van der Waals surface area (Å²) in [6.07, 6.45) is 1.76. The number of amides is 1. The van der Waals surface area contributed by atoms with Crippen molar-refractivity contribution in [2.45, 2.75) is 13.8 Å². The van der Waals surface area contributed by atoms with Gasteiger partial charge in [0.15, 0.2) is 5.17 Å². The van der Waals surface area contributed by atoms with Gasteiger partial charge in [0, 0.05) is 29.2 Å². The van der Waals surface area contributed by atoms with Crippen LogP contribution in [0, 0.1) is 29.4 Å². The molecule has 0 atom stereocenters. The zero-order chi connectivity index (χ0) is 17.4. The van der Waals surface area contributed by atoms with Gasteiger partial charge in [-0.05, 0) is 55.4 Å². The Morgan fingerprint density at radius 3 is 2.50 bits per heavy atom. The highest BCUT2D eigenvalue weighted by atomic mass is 32.2. The van der Waals surface area contributed by atoms with Crippen LogP contribution in [0.2, 0.25) is 0 Å². The molecule has 0 spiro atoms. The third-order valence-corrected chi connectivity index (χ3v) is 4.57. The topological polar surface area (TPSA) is 101 Å². The second-order valence-electron chi connectivity index (χ2n) is 5.33. The average molecular weight is 342 g/mol. The molecule has 3 rings (SSSR count). The van der Waals surface area contributed by atoms with Crippen molar-refractivity contribution in [3.05, 3.63) is 62.3 Å². The first-order valence-corrected chi connectivity index (χ1v) is 7.91. The van der Waals surface area contributed by atoms with Crippen LogP contribution in [-0.4, -0.2) is 20.6 Å². The number of aromatic nitrogens is 1. The van der Waals surface area contributed by atoms with E-state index in [-0.39, 0.29) is 16.8 Å². The number of aryl methyl sites for hydroxylation is 1. The van der Waals surface area contributed by atoms with E-state index in [1.54, 1.807) is 18.2 Å². The molecule has 1 aliphatic rings. The van der Waals surface area contributed by atoms with E-state index in [0.717, 1.165) is 34.4 Å². The van der Waals surface area contributed by atoms with Crippen molar-refractivity contribution < 1.29 is 9.72 Å². The van der Waals surface area contributed by atoms with Crippen LogP contribution in [0.25, 0.3) is 11.8 Å². The first-order valence-electron chi connectivity index (χ1n) is 7.10. The Bertz CT molecular complexity index is 897. The lowest BCUT2D eigenvalue weighted by Gasteiger charge is -2.09. The fraction of sp³-hybridized carbons (Fsp3) is 0.125. The minimum Gasteiger partial charge on any atom is -0.318 e. The highest BCUT2D eigenvalue weighted by molar-refractivity contribution is 8.18. The lowest BCUT2D eigenvalue weighted by molar-refractivity contribution is -0.384. The Morgan fingerprint density at radius 1 is 1.29 bits per heavy atom. The van der Waals surface area contributed by atoms with Crippen molar-refractivity contribution in [1.82, 2.24) is 9.88 Å². The van der Waals surface area contributed by atoms with Crippen molar-refractivity contribution in [1.29, 1.82) is 5.41 Å². The summed E-state index contributed by atoms with van der Waals surface area (Å²) in [6.45, 7) is 3.85. The van der Waals surface area contributed by atoms with Gasteiger partial charge in [0.25, 0.3) is 11.6 Å². The van der Waals surface area contributed by atoms with Gasteiger partial charge < -0.3 is 9.88 Å². The summed E-state index contributed by atoms with van der Waals surface area (Å²) in [5.41, 5.74) is 3.60. The number of non-ortho nitro benzene ring substituents is 1. The lowest BCUT2D eigenvalue weighted by atomic mass is 10.2. The minimum atomic E-state index is -0.431. The second kappa shape index (κ2) is 5.97. The number of benzene rings is 1.